The van der Waals surface area contributed by atoms with Crippen molar-refractivity contribution in [2.24, 2.45) is 0 Å². The van der Waals surface area contributed by atoms with Crippen LogP contribution in [0.3, 0.4) is 0 Å². The third-order valence-corrected chi connectivity index (χ3v) is 2.64. The second-order valence-corrected chi connectivity index (χ2v) is 4.29. The molecule has 0 aliphatic heterocycles. The number of rotatable bonds is 3. The van der Waals surface area contributed by atoms with Crippen LogP contribution in [0.5, 0.6) is 0 Å². The highest BCUT2D eigenvalue weighted by atomic mass is 79.9. The Kier molecular flexibility index (Phi) is 4.90. The van der Waals surface area contributed by atoms with E-state index in [1.807, 2.05) is 19.1 Å². The number of carbonyl (C=O) groups is 2. The van der Waals surface area contributed by atoms with Crippen molar-refractivity contribution in [1.82, 2.24) is 5.32 Å². The first-order valence-electron chi connectivity index (χ1n) is 5.01. The molecule has 0 fully saturated rings. The van der Waals surface area contributed by atoms with E-state index in [0.717, 1.165) is 10.0 Å². The molecule has 0 saturated carbocycles. The molecule has 0 saturated heterocycles. The van der Waals surface area contributed by atoms with Crippen LogP contribution < -0.4 is 10.6 Å². The summed E-state index contributed by atoms with van der Waals surface area (Å²) in [4.78, 5) is 22.8. The summed E-state index contributed by atoms with van der Waals surface area (Å²) in [6, 6.07) is 5.44. The minimum absolute atomic E-state index is 0.265. The van der Waals surface area contributed by atoms with Gasteiger partial charge in [0.15, 0.2) is 0 Å². The SMILES string of the molecule is C=CCNC(=O)C(=O)Nc1ccc(C)cc1Br. The van der Waals surface area contributed by atoms with Crippen molar-refractivity contribution in [1.29, 1.82) is 0 Å². The molecule has 1 aromatic rings. The molecule has 1 rings (SSSR count). The standard InChI is InChI=1S/C12H13BrN2O2/c1-3-6-14-11(16)12(17)15-10-5-4-8(2)7-9(10)13/h3-5,7H,1,6H2,2H3,(H,14,16)(H,15,17). The quantitative estimate of drug-likeness (QED) is 0.662. The van der Waals surface area contributed by atoms with Crippen molar-refractivity contribution in [3.63, 3.8) is 0 Å². The van der Waals surface area contributed by atoms with Gasteiger partial charge in [-0.2, -0.15) is 0 Å². The average Bonchev–Trinajstić information content (AvgIpc) is 2.29. The second-order valence-electron chi connectivity index (χ2n) is 3.44. The molecule has 0 aromatic heterocycles. The number of hydrogen-bond donors (Lipinski definition) is 2. The molecule has 90 valence electrons. The molecule has 0 spiro atoms. The van der Waals surface area contributed by atoms with E-state index in [-0.39, 0.29) is 6.54 Å². The van der Waals surface area contributed by atoms with Gasteiger partial charge >= 0.3 is 11.8 Å². The predicted molar refractivity (Wildman–Crippen MR) is 70.7 cm³/mol. The number of halogens is 1. The summed E-state index contributed by atoms with van der Waals surface area (Å²) in [6.07, 6.45) is 1.51. The zero-order chi connectivity index (χ0) is 12.8. The monoisotopic (exact) mass is 296 g/mol. The van der Waals surface area contributed by atoms with E-state index in [0.29, 0.717) is 5.69 Å². The van der Waals surface area contributed by atoms with Crippen molar-refractivity contribution < 1.29 is 9.59 Å². The second kappa shape index (κ2) is 6.20. The van der Waals surface area contributed by atoms with Crippen LogP contribution >= 0.6 is 15.9 Å². The summed E-state index contributed by atoms with van der Waals surface area (Å²) >= 11 is 3.31. The molecular formula is C12H13BrN2O2. The molecule has 2 N–H and O–H groups in total. The lowest BCUT2D eigenvalue weighted by atomic mass is 10.2. The minimum atomic E-state index is -0.698. The maximum absolute atomic E-state index is 11.5. The topological polar surface area (TPSA) is 58.2 Å². The van der Waals surface area contributed by atoms with Gasteiger partial charge in [-0.25, -0.2) is 0 Å². The van der Waals surface area contributed by atoms with Crippen LogP contribution in [0.4, 0.5) is 5.69 Å². The molecule has 2 amide bonds. The molecule has 0 unspecified atom stereocenters. The normalized spacial score (nSPS) is 9.53. The Hall–Kier alpha value is -1.62. The van der Waals surface area contributed by atoms with Gasteiger partial charge in [0.2, 0.25) is 0 Å². The fourth-order valence-corrected chi connectivity index (χ4v) is 1.74. The molecule has 1 aromatic carbocycles. The van der Waals surface area contributed by atoms with Crippen molar-refractivity contribution in [2.75, 3.05) is 11.9 Å². The number of nitrogens with one attached hydrogen (secondary N) is 2. The number of anilines is 1. The Balaban J connectivity index is 2.67. The summed E-state index contributed by atoms with van der Waals surface area (Å²) in [6.45, 7) is 5.65. The summed E-state index contributed by atoms with van der Waals surface area (Å²) in [7, 11) is 0. The Morgan fingerprint density at radius 1 is 1.41 bits per heavy atom. The summed E-state index contributed by atoms with van der Waals surface area (Å²) in [5.74, 6) is -1.38. The molecule has 0 bridgehead atoms. The molecule has 4 nitrogen and oxygen atoms in total. The van der Waals surface area contributed by atoms with Gasteiger partial charge < -0.3 is 10.6 Å². The number of hydrogen-bond acceptors (Lipinski definition) is 2. The summed E-state index contributed by atoms with van der Waals surface area (Å²) in [5.41, 5.74) is 1.63. The maximum atomic E-state index is 11.5. The van der Waals surface area contributed by atoms with Crippen LogP contribution in [0.25, 0.3) is 0 Å². The molecule has 0 aliphatic carbocycles. The first kappa shape index (κ1) is 13.4. The third kappa shape index (κ3) is 4.03. The van der Waals surface area contributed by atoms with Gasteiger partial charge in [-0.1, -0.05) is 12.1 Å². The molecule has 0 radical (unpaired) electrons. The smallest absolute Gasteiger partial charge is 0.313 e. The number of amides is 2. The van der Waals surface area contributed by atoms with Gasteiger partial charge in [0.05, 0.1) is 5.69 Å². The Morgan fingerprint density at radius 3 is 2.71 bits per heavy atom. The summed E-state index contributed by atoms with van der Waals surface area (Å²) in [5, 5.41) is 4.91. The fourth-order valence-electron chi connectivity index (χ4n) is 1.15. The molecule has 0 atom stereocenters. The van der Waals surface area contributed by atoms with Gasteiger partial charge in [0, 0.05) is 11.0 Å². The molecular weight excluding hydrogens is 284 g/mol. The first-order valence-corrected chi connectivity index (χ1v) is 5.80. The highest BCUT2D eigenvalue weighted by molar-refractivity contribution is 9.10. The Bertz CT molecular complexity index is 458. The lowest BCUT2D eigenvalue weighted by molar-refractivity contribution is -0.136. The van der Waals surface area contributed by atoms with Gasteiger partial charge in [0.1, 0.15) is 0 Å². The van der Waals surface area contributed by atoms with E-state index in [1.165, 1.54) is 6.08 Å². The van der Waals surface area contributed by atoms with Crippen LogP contribution in [0.1, 0.15) is 5.56 Å². The van der Waals surface area contributed by atoms with Crippen molar-refractivity contribution in [3.8, 4) is 0 Å². The van der Waals surface area contributed by atoms with Gasteiger partial charge in [-0.3, -0.25) is 9.59 Å². The van der Waals surface area contributed by atoms with E-state index in [1.54, 1.807) is 6.07 Å². The Morgan fingerprint density at radius 2 is 2.12 bits per heavy atom. The zero-order valence-electron chi connectivity index (χ0n) is 9.42. The molecule has 17 heavy (non-hydrogen) atoms. The highest BCUT2D eigenvalue weighted by Gasteiger charge is 2.13. The van der Waals surface area contributed by atoms with Gasteiger partial charge in [-0.15, -0.1) is 6.58 Å². The number of carbonyl (C=O) groups excluding carboxylic acids is 2. The van der Waals surface area contributed by atoms with E-state index in [9.17, 15) is 9.59 Å². The average molecular weight is 297 g/mol. The van der Waals surface area contributed by atoms with E-state index in [2.05, 4.69) is 33.1 Å². The Labute approximate surface area is 108 Å². The molecule has 0 heterocycles. The number of benzene rings is 1. The molecule has 5 heteroatoms. The predicted octanol–water partition coefficient (Wildman–Crippen LogP) is 2.00. The maximum Gasteiger partial charge on any atom is 0.313 e. The fraction of sp³-hybridized carbons (Fsp3) is 0.167. The minimum Gasteiger partial charge on any atom is -0.344 e. The van der Waals surface area contributed by atoms with E-state index >= 15 is 0 Å². The third-order valence-electron chi connectivity index (χ3n) is 1.99. The van der Waals surface area contributed by atoms with Gasteiger partial charge in [-0.05, 0) is 40.5 Å². The molecule has 0 aliphatic rings. The van der Waals surface area contributed by atoms with Crippen molar-refractivity contribution in [2.45, 2.75) is 6.92 Å². The van der Waals surface area contributed by atoms with Crippen LogP contribution in [0.15, 0.2) is 35.3 Å². The van der Waals surface area contributed by atoms with Crippen molar-refractivity contribution in [3.05, 3.63) is 40.9 Å². The number of aryl methyl sites for hydroxylation is 1. The van der Waals surface area contributed by atoms with Gasteiger partial charge in [0.25, 0.3) is 0 Å². The first-order chi connectivity index (χ1) is 8.04. The largest absolute Gasteiger partial charge is 0.344 e. The highest BCUT2D eigenvalue weighted by Crippen LogP contribution is 2.23. The lowest BCUT2D eigenvalue weighted by Gasteiger charge is -2.07. The van der Waals surface area contributed by atoms with Crippen molar-refractivity contribution >= 4 is 33.4 Å². The van der Waals surface area contributed by atoms with Crippen LogP contribution in [-0.2, 0) is 9.59 Å². The van der Waals surface area contributed by atoms with E-state index < -0.39 is 11.8 Å². The lowest BCUT2D eigenvalue weighted by Crippen LogP contribution is -2.35. The van der Waals surface area contributed by atoms with Crippen LogP contribution in [0, 0.1) is 6.92 Å². The zero-order valence-corrected chi connectivity index (χ0v) is 11.0. The van der Waals surface area contributed by atoms with Crippen LogP contribution in [-0.4, -0.2) is 18.4 Å². The van der Waals surface area contributed by atoms with E-state index in [4.69, 9.17) is 0 Å². The van der Waals surface area contributed by atoms with Crippen LogP contribution in [0.2, 0.25) is 0 Å². The summed E-state index contributed by atoms with van der Waals surface area (Å²) < 4.78 is 0.738.